The van der Waals surface area contributed by atoms with Crippen molar-refractivity contribution in [2.24, 2.45) is 5.41 Å². The van der Waals surface area contributed by atoms with Gasteiger partial charge in [0.15, 0.2) is 0 Å². The number of nitrogens with zero attached hydrogens (tertiary/aromatic N) is 7. The van der Waals surface area contributed by atoms with Crippen LogP contribution < -0.4 is 15.5 Å². The highest BCUT2D eigenvalue weighted by atomic mass is 32.1. The van der Waals surface area contributed by atoms with Crippen LogP contribution in [-0.2, 0) is 24.3 Å². The number of nitriles is 1. The van der Waals surface area contributed by atoms with E-state index < -0.39 is 12.6 Å². The molecule has 10 nitrogen and oxygen atoms in total. The SMILES string of the molecule is C=CC(=O)NC1CCN(C(C)Cn2c(C#N)cc3c(C)c(CN4CCC5(CCN(c6nc(NC)nc7sc(CC(F)(F)F)cc67)C5)C4)ccc32)CC1. The molecule has 52 heavy (non-hydrogen) atoms. The molecule has 0 bridgehead atoms. The number of rotatable bonds is 10. The van der Waals surface area contributed by atoms with Gasteiger partial charge in [0, 0.05) is 86.1 Å². The number of carbonyl (C=O) groups excluding carboxylic acids is 1. The van der Waals surface area contributed by atoms with Gasteiger partial charge >= 0.3 is 6.18 Å². The van der Waals surface area contributed by atoms with E-state index >= 15 is 0 Å². The minimum Gasteiger partial charge on any atom is -0.357 e. The summed E-state index contributed by atoms with van der Waals surface area (Å²) in [6.07, 6.45) is -0.0951. The van der Waals surface area contributed by atoms with E-state index in [0.717, 1.165) is 93.7 Å². The quantitative estimate of drug-likeness (QED) is 0.185. The summed E-state index contributed by atoms with van der Waals surface area (Å²) in [5.41, 5.74) is 4.27. The molecule has 2 atom stereocenters. The van der Waals surface area contributed by atoms with Gasteiger partial charge in [-0.2, -0.15) is 23.4 Å². The van der Waals surface area contributed by atoms with Gasteiger partial charge in [0.1, 0.15) is 22.4 Å². The van der Waals surface area contributed by atoms with Crippen molar-refractivity contribution in [2.75, 3.05) is 56.5 Å². The second kappa shape index (κ2) is 14.3. The molecule has 1 amide bonds. The number of aryl methyl sites for hydroxylation is 1. The van der Waals surface area contributed by atoms with E-state index in [-0.39, 0.29) is 28.3 Å². The summed E-state index contributed by atoms with van der Waals surface area (Å²) in [5, 5.41) is 17.9. The predicted octanol–water partition coefficient (Wildman–Crippen LogP) is 6.23. The fourth-order valence-corrected chi connectivity index (χ4v) is 9.61. The first-order valence-corrected chi connectivity index (χ1v) is 18.9. The summed E-state index contributed by atoms with van der Waals surface area (Å²) in [7, 11) is 1.73. The summed E-state index contributed by atoms with van der Waals surface area (Å²) >= 11 is 1.09. The summed E-state index contributed by atoms with van der Waals surface area (Å²) in [6.45, 7) is 14.7. The van der Waals surface area contributed by atoms with Crippen LogP contribution in [0.15, 0.2) is 36.9 Å². The Morgan fingerprint density at radius 3 is 2.63 bits per heavy atom. The number of piperidine rings is 1. The molecule has 3 aliphatic rings. The monoisotopic (exact) mass is 733 g/mol. The number of nitrogens with one attached hydrogen (secondary N) is 2. The molecule has 1 aromatic carbocycles. The van der Waals surface area contributed by atoms with Gasteiger partial charge in [0.25, 0.3) is 0 Å². The van der Waals surface area contributed by atoms with Crippen molar-refractivity contribution in [3.8, 4) is 6.07 Å². The van der Waals surface area contributed by atoms with E-state index in [4.69, 9.17) is 4.98 Å². The molecule has 6 heterocycles. The van der Waals surface area contributed by atoms with Crippen LogP contribution in [0.3, 0.4) is 0 Å². The fraction of sp³-hybridized carbons (Fsp3) is 0.526. The van der Waals surface area contributed by atoms with Gasteiger partial charge < -0.3 is 20.1 Å². The van der Waals surface area contributed by atoms with Crippen LogP contribution in [0.25, 0.3) is 21.1 Å². The molecule has 7 rings (SSSR count). The Bertz CT molecular complexity index is 2030. The maximum absolute atomic E-state index is 13.2. The Kier molecular flexibility index (Phi) is 9.97. The van der Waals surface area contributed by atoms with Crippen LogP contribution in [0.1, 0.15) is 54.3 Å². The number of anilines is 2. The maximum atomic E-state index is 13.2. The number of carbonyl (C=O) groups is 1. The Labute approximate surface area is 306 Å². The molecule has 3 aromatic heterocycles. The van der Waals surface area contributed by atoms with Gasteiger partial charge in [0.2, 0.25) is 11.9 Å². The molecule has 3 aliphatic heterocycles. The molecule has 276 valence electrons. The largest absolute Gasteiger partial charge is 0.393 e. The van der Waals surface area contributed by atoms with Crippen LogP contribution in [0.2, 0.25) is 0 Å². The summed E-state index contributed by atoms with van der Waals surface area (Å²) in [6, 6.07) is 10.9. The number of alkyl halides is 3. The normalized spacial score (nSPS) is 21.0. The van der Waals surface area contributed by atoms with Gasteiger partial charge in [-0.15, -0.1) is 11.3 Å². The number of halogens is 3. The third-order valence-electron chi connectivity index (χ3n) is 11.4. The van der Waals surface area contributed by atoms with Crippen molar-refractivity contribution >= 4 is 50.1 Å². The Morgan fingerprint density at radius 1 is 1.15 bits per heavy atom. The van der Waals surface area contributed by atoms with Gasteiger partial charge in [-0.3, -0.25) is 14.6 Å². The molecule has 2 N–H and O–H groups in total. The van der Waals surface area contributed by atoms with Crippen molar-refractivity contribution in [2.45, 2.75) is 77.3 Å². The number of fused-ring (bicyclic) bond motifs is 2. The van der Waals surface area contributed by atoms with Crippen molar-refractivity contribution in [3.63, 3.8) is 0 Å². The molecule has 0 radical (unpaired) electrons. The predicted molar refractivity (Wildman–Crippen MR) is 200 cm³/mol. The van der Waals surface area contributed by atoms with E-state index in [0.29, 0.717) is 34.2 Å². The summed E-state index contributed by atoms with van der Waals surface area (Å²) < 4.78 is 41.8. The van der Waals surface area contributed by atoms with Gasteiger partial charge in [0.05, 0.1) is 11.8 Å². The Hall–Kier alpha value is -4.19. The zero-order valence-electron chi connectivity index (χ0n) is 30.0. The Balaban J connectivity index is 1.02. The first-order valence-electron chi connectivity index (χ1n) is 18.1. The van der Waals surface area contributed by atoms with Crippen molar-refractivity contribution < 1.29 is 18.0 Å². The maximum Gasteiger partial charge on any atom is 0.393 e. The van der Waals surface area contributed by atoms with Gasteiger partial charge in [-0.25, -0.2) is 4.98 Å². The van der Waals surface area contributed by atoms with Gasteiger partial charge in [-0.1, -0.05) is 12.6 Å². The fourth-order valence-electron chi connectivity index (χ4n) is 8.55. The lowest BCUT2D eigenvalue weighted by Gasteiger charge is -2.36. The highest BCUT2D eigenvalue weighted by Gasteiger charge is 2.44. The zero-order chi connectivity index (χ0) is 36.8. The minimum absolute atomic E-state index is 0.0824. The topological polar surface area (TPSA) is 105 Å². The molecule has 0 aliphatic carbocycles. The van der Waals surface area contributed by atoms with Crippen LogP contribution in [0, 0.1) is 23.7 Å². The first kappa shape index (κ1) is 36.2. The molecule has 4 aromatic rings. The smallest absolute Gasteiger partial charge is 0.357 e. The molecular weight excluding hydrogens is 688 g/mol. The number of hydrogen-bond donors (Lipinski definition) is 2. The second-order valence-corrected chi connectivity index (χ2v) is 16.0. The van der Waals surface area contributed by atoms with E-state index in [1.807, 2.05) is 6.07 Å². The van der Waals surface area contributed by atoms with E-state index in [9.17, 15) is 23.2 Å². The zero-order valence-corrected chi connectivity index (χ0v) is 30.8. The Morgan fingerprint density at radius 2 is 1.92 bits per heavy atom. The van der Waals surface area contributed by atoms with Crippen LogP contribution in [-0.4, -0.2) is 94.8 Å². The number of hydrogen-bond acceptors (Lipinski definition) is 9. The highest BCUT2D eigenvalue weighted by Crippen LogP contribution is 2.44. The van der Waals surface area contributed by atoms with Crippen molar-refractivity contribution in [3.05, 3.63) is 58.6 Å². The van der Waals surface area contributed by atoms with Crippen LogP contribution >= 0.6 is 11.3 Å². The first-order chi connectivity index (χ1) is 24.9. The van der Waals surface area contributed by atoms with Crippen molar-refractivity contribution in [1.29, 1.82) is 5.26 Å². The lowest BCUT2D eigenvalue weighted by atomic mass is 9.86. The molecule has 3 saturated heterocycles. The van der Waals surface area contributed by atoms with E-state index in [1.54, 1.807) is 13.1 Å². The molecule has 1 spiro atoms. The lowest BCUT2D eigenvalue weighted by Crippen LogP contribution is -2.48. The molecular formula is C38H46F3N9OS. The van der Waals surface area contributed by atoms with E-state index in [2.05, 4.69) is 73.5 Å². The third kappa shape index (κ3) is 7.36. The molecule has 2 unspecified atom stereocenters. The number of benzene rings is 1. The molecule has 3 fully saturated rings. The van der Waals surface area contributed by atoms with Crippen LogP contribution in [0.5, 0.6) is 0 Å². The average Bonchev–Trinajstić information content (AvgIpc) is 3.90. The highest BCUT2D eigenvalue weighted by molar-refractivity contribution is 7.18. The minimum atomic E-state index is -4.28. The third-order valence-corrected chi connectivity index (χ3v) is 12.4. The number of amides is 1. The van der Waals surface area contributed by atoms with E-state index in [1.165, 1.54) is 17.2 Å². The van der Waals surface area contributed by atoms with Crippen molar-refractivity contribution in [1.82, 2.24) is 29.7 Å². The number of likely N-dealkylation sites (tertiary alicyclic amines) is 2. The van der Waals surface area contributed by atoms with Gasteiger partial charge in [-0.05, 0) is 81.5 Å². The standard InChI is InChI=1S/C38H46F3N9OS/c1-5-33(51)44-27-8-12-48(13-9-27)24(2)20-50-28(19-42)16-30-25(3)26(6-7-32(30)50)21-47-14-10-37(22-47)11-15-49(23-37)34-31-17-29(18-38(39,40)41)52-35(31)46-36(43-4)45-34/h5-7,16-17,24,27H,1,8-15,18,20-23H2,2-4H3,(H,44,51)(H,43,45,46). The average molecular weight is 734 g/mol. The lowest BCUT2D eigenvalue weighted by molar-refractivity contribution is -0.126. The van der Waals surface area contributed by atoms with Crippen LogP contribution in [0.4, 0.5) is 24.9 Å². The summed E-state index contributed by atoms with van der Waals surface area (Å²) in [4.78, 5) is 29.0. The summed E-state index contributed by atoms with van der Waals surface area (Å²) in [5.74, 6) is 1.01. The number of thiophene rings is 1. The molecule has 14 heteroatoms. The second-order valence-electron chi connectivity index (χ2n) is 14.9. The molecule has 0 saturated carbocycles. The number of aromatic nitrogens is 3.